The SMILES string of the molecule is CN[C@@H](C)C(=O)N[C@H](C(=O)N1C[C@@H](N=[N+]=[N-])C[C@H]1C(=O)N[C@@H]1CCCc2ccccc21)C(C)(C)C. The number of amides is 3. The average Bonchev–Trinajstić information content (AvgIpc) is 3.25. The third-order valence-electron chi connectivity index (χ3n) is 6.99. The van der Waals surface area contributed by atoms with Gasteiger partial charge in [0.1, 0.15) is 12.1 Å². The third kappa shape index (κ3) is 6.13. The van der Waals surface area contributed by atoms with Crippen molar-refractivity contribution in [2.24, 2.45) is 10.5 Å². The lowest BCUT2D eigenvalue weighted by molar-refractivity contribution is -0.144. The number of rotatable bonds is 7. The number of nitrogens with zero attached hydrogens (tertiary/aromatic N) is 4. The number of fused-ring (bicyclic) bond motifs is 1. The molecular weight excluding hydrogens is 446 g/mol. The van der Waals surface area contributed by atoms with Gasteiger partial charge in [0, 0.05) is 11.5 Å². The predicted octanol–water partition coefficient (Wildman–Crippen LogP) is 2.60. The highest BCUT2D eigenvalue weighted by Crippen LogP contribution is 2.31. The summed E-state index contributed by atoms with van der Waals surface area (Å²) in [4.78, 5) is 44.3. The first-order valence-corrected chi connectivity index (χ1v) is 12.3. The van der Waals surface area contributed by atoms with Crippen LogP contribution in [0.15, 0.2) is 29.4 Å². The van der Waals surface area contributed by atoms with E-state index in [4.69, 9.17) is 5.53 Å². The van der Waals surface area contributed by atoms with Gasteiger partial charge in [-0.25, -0.2) is 0 Å². The Morgan fingerprint density at radius 3 is 2.60 bits per heavy atom. The van der Waals surface area contributed by atoms with Crippen molar-refractivity contribution in [2.45, 2.75) is 83.6 Å². The Balaban J connectivity index is 1.84. The van der Waals surface area contributed by atoms with Crippen LogP contribution in [0.2, 0.25) is 0 Å². The summed E-state index contributed by atoms with van der Waals surface area (Å²) >= 11 is 0. The van der Waals surface area contributed by atoms with E-state index in [0.717, 1.165) is 24.8 Å². The van der Waals surface area contributed by atoms with Crippen molar-refractivity contribution in [3.8, 4) is 0 Å². The highest BCUT2D eigenvalue weighted by molar-refractivity contribution is 5.94. The lowest BCUT2D eigenvalue weighted by atomic mass is 9.85. The number of likely N-dealkylation sites (N-methyl/N-ethyl adjacent to an activating group) is 1. The molecule has 0 bridgehead atoms. The fraction of sp³-hybridized carbons (Fsp3) is 0.640. The molecule has 0 unspecified atom stereocenters. The molecule has 0 radical (unpaired) electrons. The Bertz CT molecular complexity index is 999. The van der Waals surface area contributed by atoms with Crippen LogP contribution in [0.25, 0.3) is 10.4 Å². The van der Waals surface area contributed by atoms with Crippen molar-refractivity contribution in [1.29, 1.82) is 0 Å². The topological polar surface area (TPSA) is 139 Å². The second kappa shape index (κ2) is 11.1. The number of benzene rings is 1. The van der Waals surface area contributed by atoms with Gasteiger partial charge in [0.25, 0.3) is 0 Å². The van der Waals surface area contributed by atoms with Gasteiger partial charge in [0.05, 0.1) is 18.1 Å². The maximum Gasteiger partial charge on any atom is 0.246 e. The summed E-state index contributed by atoms with van der Waals surface area (Å²) in [7, 11) is 1.67. The van der Waals surface area contributed by atoms with Crippen molar-refractivity contribution in [2.75, 3.05) is 13.6 Å². The molecule has 0 spiro atoms. The van der Waals surface area contributed by atoms with Crippen molar-refractivity contribution in [3.05, 3.63) is 45.8 Å². The largest absolute Gasteiger partial charge is 0.347 e. The second-order valence-electron chi connectivity index (χ2n) is 10.6. The Labute approximate surface area is 206 Å². The van der Waals surface area contributed by atoms with E-state index in [1.807, 2.05) is 39.0 Å². The minimum absolute atomic E-state index is 0.127. The first-order valence-electron chi connectivity index (χ1n) is 12.3. The molecule has 0 saturated carbocycles. The van der Waals surface area contributed by atoms with Crippen LogP contribution < -0.4 is 16.0 Å². The zero-order valence-electron chi connectivity index (χ0n) is 21.2. The molecule has 2 aliphatic rings. The number of carbonyl (C=O) groups is 3. The van der Waals surface area contributed by atoms with Gasteiger partial charge in [-0.2, -0.15) is 0 Å². The molecule has 10 heteroatoms. The predicted molar refractivity (Wildman–Crippen MR) is 133 cm³/mol. The van der Waals surface area contributed by atoms with Gasteiger partial charge in [-0.3, -0.25) is 14.4 Å². The standard InChI is InChI=1S/C25H37N7O3/c1-15(27-5)22(33)29-21(25(2,3)4)24(35)32-14-17(30-31-26)13-20(32)23(34)28-19-12-8-10-16-9-6-7-11-18(16)19/h6-7,9,11,15,17,19-21,27H,8,10,12-14H2,1-5H3,(H,28,34)(H,29,33)/t15-,17-,19+,20-,21+/m0/s1. The minimum atomic E-state index is -0.846. The monoisotopic (exact) mass is 483 g/mol. The highest BCUT2D eigenvalue weighted by atomic mass is 16.2. The Hall–Kier alpha value is -3.10. The molecule has 1 saturated heterocycles. The molecule has 35 heavy (non-hydrogen) atoms. The molecule has 1 aromatic carbocycles. The molecule has 3 N–H and O–H groups in total. The number of aryl methyl sites for hydroxylation is 1. The Kier molecular flexibility index (Phi) is 8.40. The van der Waals surface area contributed by atoms with E-state index < -0.39 is 29.6 Å². The van der Waals surface area contributed by atoms with E-state index >= 15 is 0 Å². The van der Waals surface area contributed by atoms with E-state index in [1.54, 1.807) is 14.0 Å². The minimum Gasteiger partial charge on any atom is -0.347 e. The molecule has 3 amide bonds. The molecular formula is C25H37N7O3. The number of azide groups is 1. The first-order chi connectivity index (χ1) is 16.6. The summed E-state index contributed by atoms with van der Waals surface area (Å²) < 4.78 is 0. The van der Waals surface area contributed by atoms with Gasteiger partial charge in [-0.05, 0) is 61.7 Å². The molecule has 1 aliphatic carbocycles. The van der Waals surface area contributed by atoms with Crippen LogP contribution >= 0.6 is 0 Å². The van der Waals surface area contributed by atoms with Gasteiger partial charge in [0.15, 0.2) is 0 Å². The van der Waals surface area contributed by atoms with Gasteiger partial charge < -0.3 is 20.9 Å². The normalized spacial score (nSPS) is 23.5. The number of nitrogens with one attached hydrogen (secondary N) is 3. The molecule has 5 atom stereocenters. The highest BCUT2D eigenvalue weighted by Gasteiger charge is 2.45. The molecule has 1 aliphatic heterocycles. The van der Waals surface area contributed by atoms with Crippen LogP contribution in [0.1, 0.15) is 64.1 Å². The Morgan fingerprint density at radius 2 is 1.94 bits per heavy atom. The fourth-order valence-electron chi connectivity index (χ4n) is 4.85. The molecule has 10 nitrogen and oxygen atoms in total. The smallest absolute Gasteiger partial charge is 0.246 e. The summed E-state index contributed by atoms with van der Waals surface area (Å²) in [6.07, 6.45) is 3.02. The van der Waals surface area contributed by atoms with E-state index in [1.165, 1.54) is 10.5 Å². The third-order valence-corrected chi connectivity index (χ3v) is 6.99. The van der Waals surface area contributed by atoms with Crippen molar-refractivity contribution in [1.82, 2.24) is 20.9 Å². The van der Waals surface area contributed by atoms with Gasteiger partial charge >= 0.3 is 0 Å². The van der Waals surface area contributed by atoms with Crippen molar-refractivity contribution < 1.29 is 14.4 Å². The van der Waals surface area contributed by atoms with Crippen LogP contribution in [0, 0.1) is 5.41 Å². The van der Waals surface area contributed by atoms with E-state index in [2.05, 4.69) is 32.0 Å². The van der Waals surface area contributed by atoms with E-state index in [0.29, 0.717) is 0 Å². The van der Waals surface area contributed by atoms with E-state index in [9.17, 15) is 14.4 Å². The maximum atomic E-state index is 13.8. The molecule has 1 aromatic rings. The van der Waals surface area contributed by atoms with Crippen LogP contribution in [0.5, 0.6) is 0 Å². The molecule has 1 fully saturated rings. The molecule has 0 aromatic heterocycles. The van der Waals surface area contributed by atoms with Gasteiger partial charge in [0.2, 0.25) is 17.7 Å². The summed E-state index contributed by atoms with van der Waals surface area (Å²) in [6, 6.07) is 5.34. The molecule has 3 rings (SSSR count). The molecule has 190 valence electrons. The number of hydrogen-bond acceptors (Lipinski definition) is 5. The second-order valence-corrected chi connectivity index (χ2v) is 10.6. The summed E-state index contributed by atoms with van der Waals surface area (Å²) in [5.41, 5.74) is 10.7. The van der Waals surface area contributed by atoms with Gasteiger partial charge in [-0.15, -0.1) is 0 Å². The number of likely N-dealkylation sites (tertiary alicyclic amines) is 1. The summed E-state index contributed by atoms with van der Waals surface area (Å²) in [5, 5.41) is 12.7. The van der Waals surface area contributed by atoms with Crippen molar-refractivity contribution >= 4 is 17.7 Å². The van der Waals surface area contributed by atoms with Crippen molar-refractivity contribution in [3.63, 3.8) is 0 Å². The molecule has 1 heterocycles. The van der Waals surface area contributed by atoms with Gasteiger partial charge in [-0.1, -0.05) is 50.2 Å². The Morgan fingerprint density at radius 1 is 1.23 bits per heavy atom. The number of carbonyl (C=O) groups excluding carboxylic acids is 3. The zero-order valence-corrected chi connectivity index (χ0v) is 21.2. The summed E-state index contributed by atoms with van der Waals surface area (Å²) in [6.45, 7) is 7.45. The maximum absolute atomic E-state index is 13.8. The lowest BCUT2D eigenvalue weighted by Gasteiger charge is -2.36. The van der Waals surface area contributed by atoms with Crippen LogP contribution in [-0.2, 0) is 20.8 Å². The quantitative estimate of drug-likeness (QED) is 0.312. The summed E-state index contributed by atoms with van der Waals surface area (Å²) in [5.74, 6) is -0.918. The number of hydrogen-bond donors (Lipinski definition) is 3. The lowest BCUT2D eigenvalue weighted by Crippen LogP contribution is -2.59. The average molecular weight is 484 g/mol. The van der Waals surface area contributed by atoms with E-state index in [-0.39, 0.29) is 36.7 Å². The zero-order chi connectivity index (χ0) is 25.8. The first kappa shape index (κ1) is 26.5. The van der Waals surface area contributed by atoms with Crippen LogP contribution in [-0.4, -0.2) is 60.4 Å². The fourth-order valence-corrected chi connectivity index (χ4v) is 4.85. The van der Waals surface area contributed by atoms with Crippen LogP contribution in [0.4, 0.5) is 0 Å². The van der Waals surface area contributed by atoms with Crippen LogP contribution in [0.3, 0.4) is 0 Å².